The zero-order valence-electron chi connectivity index (χ0n) is 8.69. The fourth-order valence-electron chi connectivity index (χ4n) is 1.85. The van der Waals surface area contributed by atoms with Crippen molar-refractivity contribution in [3.63, 3.8) is 0 Å². The second kappa shape index (κ2) is 4.72. The molecule has 5 heteroatoms. The van der Waals surface area contributed by atoms with E-state index in [1.165, 1.54) is 11.3 Å². The SMILES string of the molecule is CC1CC(NC(=O)c2cscn2)CCN1. The Morgan fingerprint density at radius 3 is 3.27 bits per heavy atom. The summed E-state index contributed by atoms with van der Waals surface area (Å²) in [6.07, 6.45) is 2.00. The zero-order chi connectivity index (χ0) is 10.7. The molecule has 1 fully saturated rings. The minimum atomic E-state index is -0.0460. The van der Waals surface area contributed by atoms with Gasteiger partial charge in [0.1, 0.15) is 5.69 Å². The molecule has 15 heavy (non-hydrogen) atoms. The normalized spacial score (nSPS) is 26.2. The van der Waals surface area contributed by atoms with E-state index < -0.39 is 0 Å². The van der Waals surface area contributed by atoms with E-state index in [1.807, 2.05) is 0 Å². The molecule has 82 valence electrons. The lowest BCUT2D eigenvalue weighted by Gasteiger charge is -2.28. The molecule has 0 aliphatic carbocycles. The average molecular weight is 225 g/mol. The summed E-state index contributed by atoms with van der Waals surface area (Å²) in [5, 5.41) is 8.15. The molecule has 2 heterocycles. The molecule has 2 N–H and O–H groups in total. The van der Waals surface area contributed by atoms with E-state index in [0.717, 1.165) is 19.4 Å². The van der Waals surface area contributed by atoms with Gasteiger partial charge >= 0.3 is 0 Å². The van der Waals surface area contributed by atoms with Crippen LogP contribution in [0.15, 0.2) is 10.9 Å². The summed E-state index contributed by atoms with van der Waals surface area (Å²) in [6.45, 7) is 3.12. The van der Waals surface area contributed by atoms with Gasteiger partial charge in [0, 0.05) is 17.5 Å². The van der Waals surface area contributed by atoms with Crippen molar-refractivity contribution >= 4 is 17.2 Å². The lowest BCUT2D eigenvalue weighted by molar-refractivity contribution is 0.0921. The van der Waals surface area contributed by atoms with Crippen LogP contribution in [0.5, 0.6) is 0 Å². The highest BCUT2D eigenvalue weighted by molar-refractivity contribution is 7.07. The summed E-state index contributed by atoms with van der Waals surface area (Å²) in [5.41, 5.74) is 2.21. The molecule has 2 atom stereocenters. The summed E-state index contributed by atoms with van der Waals surface area (Å²) in [4.78, 5) is 15.7. The minimum Gasteiger partial charge on any atom is -0.348 e. The van der Waals surface area contributed by atoms with Crippen molar-refractivity contribution < 1.29 is 4.79 Å². The quantitative estimate of drug-likeness (QED) is 0.790. The van der Waals surface area contributed by atoms with Crippen molar-refractivity contribution in [3.8, 4) is 0 Å². The Labute approximate surface area is 93.1 Å². The number of hydrogen-bond donors (Lipinski definition) is 2. The molecule has 4 nitrogen and oxygen atoms in total. The smallest absolute Gasteiger partial charge is 0.270 e. The molecule has 1 amide bonds. The standard InChI is InChI=1S/C10H15N3OS/c1-7-4-8(2-3-11-7)13-10(14)9-5-15-6-12-9/h5-8,11H,2-4H2,1H3,(H,13,14). The Morgan fingerprint density at radius 1 is 1.73 bits per heavy atom. The van der Waals surface area contributed by atoms with Crippen molar-refractivity contribution in [2.45, 2.75) is 31.8 Å². The molecule has 1 aliphatic heterocycles. The summed E-state index contributed by atoms with van der Waals surface area (Å²) < 4.78 is 0. The van der Waals surface area contributed by atoms with Gasteiger partial charge in [0.2, 0.25) is 0 Å². The van der Waals surface area contributed by atoms with Gasteiger partial charge in [-0.05, 0) is 26.3 Å². The molecular formula is C10H15N3OS. The molecule has 1 aromatic rings. The lowest BCUT2D eigenvalue weighted by Crippen LogP contribution is -2.46. The summed E-state index contributed by atoms with van der Waals surface area (Å²) in [6, 6.07) is 0.773. The number of hydrogen-bond acceptors (Lipinski definition) is 4. The van der Waals surface area contributed by atoms with Crippen LogP contribution in [0.4, 0.5) is 0 Å². The van der Waals surface area contributed by atoms with Crippen LogP contribution < -0.4 is 10.6 Å². The van der Waals surface area contributed by atoms with Crippen LogP contribution in [0.1, 0.15) is 30.3 Å². The highest BCUT2D eigenvalue weighted by atomic mass is 32.1. The highest BCUT2D eigenvalue weighted by Crippen LogP contribution is 2.09. The minimum absolute atomic E-state index is 0.0460. The zero-order valence-corrected chi connectivity index (χ0v) is 9.51. The van der Waals surface area contributed by atoms with E-state index in [4.69, 9.17) is 0 Å². The molecule has 0 bridgehead atoms. The molecule has 1 aliphatic rings. The van der Waals surface area contributed by atoms with Gasteiger partial charge in [0.05, 0.1) is 5.51 Å². The average Bonchev–Trinajstić information content (AvgIpc) is 2.70. The Kier molecular flexibility index (Phi) is 3.33. The first-order valence-corrected chi connectivity index (χ1v) is 6.12. The third-order valence-corrected chi connectivity index (χ3v) is 3.21. The van der Waals surface area contributed by atoms with Gasteiger partial charge < -0.3 is 10.6 Å². The second-order valence-electron chi connectivity index (χ2n) is 3.92. The fourth-order valence-corrected chi connectivity index (χ4v) is 2.38. The van der Waals surface area contributed by atoms with Gasteiger partial charge in [0.25, 0.3) is 5.91 Å². The molecule has 0 radical (unpaired) electrons. The first-order chi connectivity index (χ1) is 7.25. The molecule has 0 saturated carbocycles. The van der Waals surface area contributed by atoms with Crippen LogP contribution in [0, 0.1) is 0 Å². The maximum Gasteiger partial charge on any atom is 0.270 e. The molecule has 1 saturated heterocycles. The Hall–Kier alpha value is -0.940. The number of thiazole rings is 1. The van der Waals surface area contributed by atoms with Crippen LogP contribution in [-0.2, 0) is 0 Å². The van der Waals surface area contributed by atoms with Crippen LogP contribution in [-0.4, -0.2) is 29.5 Å². The van der Waals surface area contributed by atoms with Crippen LogP contribution in [0.2, 0.25) is 0 Å². The van der Waals surface area contributed by atoms with Crippen LogP contribution in [0.3, 0.4) is 0 Å². The van der Waals surface area contributed by atoms with Gasteiger partial charge in [-0.15, -0.1) is 11.3 Å². The number of piperidine rings is 1. The molecule has 0 spiro atoms. The Balaban J connectivity index is 1.89. The summed E-state index contributed by atoms with van der Waals surface area (Å²) >= 11 is 1.45. The first kappa shape index (κ1) is 10.6. The van der Waals surface area contributed by atoms with Crippen LogP contribution >= 0.6 is 11.3 Å². The first-order valence-electron chi connectivity index (χ1n) is 5.18. The maximum atomic E-state index is 11.7. The third kappa shape index (κ3) is 2.76. The molecule has 1 aromatic heterocycles. The molecule has 2 unspecified atom stereocenters. The largest absolute Gasteiger partial charge is 0.348 e. The monoisotopic (exact) mass is 225 g/mol. The second-order valence-corrected chi connectivity index (χ2v) is 4.64. The number of nitrogens with one attached hydrogen (secondary N) is 2. The Bertz CT molecular complexity index is 325. The number of nitrogens with zero attached hydrogens (tertiary/aromatic N) is 1. The summed E-state index contributed by atoms with van der Waals surface area (Å²) in [5.74, 6) is -0.0460. The molecule has 2 rings (SSSR count). The number of rotatable bonds is 2. The third-order valence-electron chi connectivity index (χ3n) is 2.62. The van der Waals surface area contributed by atoms with Gasteiger partial charge in [-0.3, -0.25) is 4.79 Å². The van der Waals surface area contributed by atoms with Gasteiger partial charge in [-0.25, -0.2) is 4.98 Å². The van der Waals surface area contributed by atoms with Crippen LogP contribution in [0.25, 0.3) is 0 Å². The van der Waals surface area contributed by atoms with Crippen molar-refractivity contribution in [2.75, 3.05) is 6.54 Å². The number of carbonyl (C=O) groups is 1. The van der Waals surface area contributed by atoms with Crippen molar-refractivity contribution in [3.05, 3.63) is 16.6 Å². The fraction of sp³-hybridized carbons (Fsp3) is 0.600. The molecular weight excluding hydrogens is 210 g/mol. The van der Waals surface area contributed by atoms with E-state index in [9.17, 15) is 4.79 Å². The van der Waals surface area contributed by atoms with Gasteiger partial charge in [-0.2, -0.15) is 0 Å². The van der Waals surface area contributed by atoms with Crippen molar-refractivity contribution in [2.24, 2.45) is 0 Å². The maximum absolute atomic E-state index is 11.7. The van der Waals surface area contributed by atoms with Gasteiger partial charge in [-0.1, -0.05) is 0 Å². The van der Waals surface area contributed by atoms with Gasteiger partial charge in [0.15, 0.2) is 0 Å². The lowest BCUT2D eigenvalue weighted by atomic mass is 10.0. The van der Waals surface area contributed by atoms with Crippen molar-refractivity contribution in [1.82, 2.24) is 15.6 Å². The van der Waals surface area contributed by atoms with E-state index in [1.54, 1.807) is 10.9 Å². The van der Waals surface area contributed by atoms with E-state index in [-0.39, 0.29) is 11.9 Å². The van der Waals surface area contributed by atoms with Crippen molar-refractivity contribution in [1.29, 1.82) is 0 Å². The van der Waals surface area contributed by atoms with E-state index in [2.05, 4.69) is 22.5 Å². The summed E-state index contributed by atoms with van der Waals surface area (Å²) in [7, 11) is 0. The number of aromatic nitrogens is 1. The van der Waals surface area contributed by atoms with E-state index in [0.29, 0.717) is 11.7 Å². The number of carbonyl (C=O) groups excluding carboxylic acids is 1. The highest BCUT2D eigenvalue weighted by Gasteiger charge is 2.20. The van der Waals surface area contributed by atoms with E-state index >= 15 is 0 Å². The molecule has 0 aromatic carbocycles. The predicted octanol–water partition coefficient (Wildman–Crippen LogP) is 1.01. The predicted molar refractivity (Wildman–Crippen MR) is 60.1 cm³/mol. The Morgan fingerprint density at radius 2 is 2.60 bits per heavy atom. The number of amides is 1. The topological polar surface area (TPSA) is 54.0 Å².